The van der Waals surface area contributed by atoms with Gasteiger partial charge in [0.2, 0.25) is 6.79 Å². The number of aromatic amines is 1. The summed E-state index contributed by atoms with van der Waals surface area (Å²) in [4.78, 5) is 29.0. The van der Waals surface area contributed by atoms with Crippen LogP contribution >= 0.6 is 12.2 Å². The topological polar surface area (TPSA) is 85.3 Å². The predicted octanol–water partition coefficient (Wildman–Crippen LogP) is 3.77. The fourth-order valence-electron chi connectivity index (χ4n) is 3.64. The van der Waals surface area contributed by atoms with Gasteiger partial charge in [0.15, 0.2) is 16.3 Å². The van der Waals surface area contributed by atoms with E-state index >= 15 is 0 Å². The van der Waals surface area contributed by atoms with Gasteiger partial charge in [-0.15, -0.1) is 0 Å². The van der Waals surface area contributed by atoms with Crippen molar-refractivity contribution >= 4 is 29.0 Å². The van der Waals surface area contributed by atoms with E-state index in [4.69, 9.17) is 21.7 Å². The third-order valence-electron chi connectivity index (χ3n) is 5.32. The van der Waals surface area contributed by atoms with Crippen LogP contribution in [-0.2, 0) is 13.1 Å². The van der Waals surface area contributed by atoms with Gasteiger partial charge in [0, 0.05) is 12.1 Å². The highest BCUT2D eigenvalue weighted by atomic mass is 32.1. The SMILES string of the molecule is O=C(NCc1ccc2c(c1)OCO2)c1ccc2[nH]c(=S)n(Cc3ccccc3)c(=O)c2c1. The lowest BCUT2D eigenvalue weighted by molar-refractivity contribution is 0.0951. The second kappa shape index (κ2) is 8.32. The standard InChI is InChI=1S/C24H19N3O4S/c28-22(25-12-16-6-9-20-21(10-16)31-14-30-20)17-7-8-19-18(11-17)23(29)27(24(32)26-19)13-15-4-2-1-3-5-15/h1-11H,12-14H2,(H,25,28)(H,26,32). The fourth-order valence-corrected chi connectivity index (χ4v) is 3.89. The molecule has 7 nitrogen and oxygen atoms in total. The Morgan fingerprint density at radius 1 is 1.00 bits per heavy atom. The lowest BCUT2D eigenvalue weighted by Gasteiger charge is -2.10. The van der Waals surface area contributed by atoms with Gasteiger partial charge in [-0.2, -0.15) is 0 Å². The average molecular weight is 446 g/mol. The summed E-state index contributed by atoms with van der Waals surface area (Å²) in [7, 11) is 0. The molecule has 32 heavy (non-hydrogen) atoms. The maximum Gasteiger partial charge on any atom is 0.262 e. The number of nitrogens with zero attached hydrogens (tertiary/aromatic N) is 1. The molecular formula is C24H19N3O4S. The molecule has 160 valence electrons. The van der Waals surface area contributed by atoms with Crippen LogP contribution in [0.5, 0.6) is 11.5 Å². The number of hydrogen-bond donors (Lipinski definition) is 2. The first-order valence-corrected chi connectivity index (χ1v) is 10.5. The Morgan fingerprint density at radius 2 is 1.81 bits per heavy atom. The van der Waals surface area contributed by atoms with Gasteiger partial charge in [-0.1, -0.05) is 36.4 Å². The molecule has 0 radical (unpaired) electrons. The second-order valence-corrected chi connectivity index (χ2v) is 7.82. The predicted molar refractivity (Wildman–Crippen MR) is 123 cm³/mol. The first kappa shape index (κ1) is 20.0. The minimum atomic E-state index is -0.277. The minimum Gasteiger partial charge on any atom is -0.454 e. The van der Waals surface area contributed by atoms with Crippen molar-refractivity contribution in [1.29, 1.82) is 0 Å². The molecule has 3 aromatic carbocycles. The zero-order valence-electron chi connectivity index (χ0n) is 17.0. The summed E-state index contributed by atoms with van der Waals surface area (Å²) in [6.45, 7) is 0.877. The molecule has 2 N–H and O–H groups in total. The van der Waals surface area contributed by atoms with Crippen molar-refractivity contribution in [2.75, 3.05) is 6.79 Å². The number of rotatable bonds is 5. The molecule has 0 saturated carbocycles. The van der Waals surface area contributed by atoms with Crippen LogP contribution < -0.4 is 20.3 Å². The van der Waals surface area contributed by atoms with Gasteiger partial charge in [-0.05, 0) is 53.7 Å². The number of nitrogens with one attached hydrogen (secondary N) is 2. The quantitative estimate of drug-likeness (QED) is 0.457. The number of aromatic nitrogens is 2. The number of hydrogen-bond acceptors (Lipinski definition) is 5. The van der Waals surface area contributed by atoms with Crippen LogP contribution in [0.3, 0.4) is 0 Å². The van der Waals surface area contributed by atoms with Crippen LogP contribution in [0.2, 0.25) is 0 Å². The number of H-pyrrole nitrogens is 1. The van der Waals surface area contributed by atoms with Crippen molar-refractivity contribution in [2.24, 2.45) is 0 Å². The van der Waals surface area contributed by atoms with Gasteiger partial charge in [0.1, 0.15) is 0 Å². The van der Waals surface area contributed by atoms with Crippen LogP contribution in [0.25, 0.3) is 10.9 Å². The molecule has 5 rings (SSSR count). The molecule has 0 spiro atoms. The van der Waals surface area contributed by atoms with Crippen LogP contribution in [-0.4, -0.2) is 22.3 Å². The van der Waals surface area contributed by atoms with Crippen molar-refractivity contribution in [3.63, 3.8) is 0 Å². The van der Waals surface area contributed by atoms with Gasteiger partial charge in [0.25, 0.3) is 11.5 Å². The molecule has 1 aliphatic heterocycles. The smallest absolute Gasteiger partial charge is 0.262 e. The first-order valence-electron chi connectivity index (χ1n) is 10.1. The van der Waals surface area contributed by atoms with Crippen LogP contribution in [0.4, 0.5) is 0 Å². The van der Waals surface area contributed by atoms with E-state index in [0.29, 0.717) is 45.8 Å². The maximum absolute atomic E-state index is 13.1. The lowest BCUT2D eigenvalue weighted by Crippen LogP contribution is -2.25. The first-order chi connectivity index (χ1) is 15.6. The summed E-state index contributed by atoms with van der Waals surface area (Å²) < 4.78 is 12.5. The monoisotopic (exact) mass is 445 g/mol. The van der Waals surface area contributed by atoms with Gasteiger partial charge in [-0.25, -0.2) is 0 Å². The highest BCUT2D eigenvalue weighted by molar-refractivity contribution is 7.71. The molecule has 0 bridgehead atoms. The Balaban J connectivity index is 1.40. The molecule has 2 heterocycles. The number of benzene rings is 3. The summed E-state index contributed by atoms with van der Waals surface area (Å²) in [6.07, 6.45) is 0. The normalized spacial score (nSPS) is 12.1. The number of ether oxygens (including phenoxy) is 2. The van der Waals surface area contributed by atoms with E-state index in [9.17, 15) is 9.59 Å². The zero-order valence-corrected chi connectivity index (χ0v) is 17.8. The van der Waals surface area contributed by atoms with Crippen LogP contribution in [0.1, 0.15) is 21.5 Å². The minimum absolute atomic E-state index is 0.201. The van der Waals surface area contributed by atoms with E-state index in [1.54, 1.807) is 18.2 Å². The molecule has 1 aliphatic rings. The van der Waals surface area contributed by atoms with Gasteiger partial charge < -0.3 is 19.8 Å². The Hall–Kier alpha value is -3.91. The van der Waals surface area contributed by atoms with E-state index in [2.05, 4.69) is 10.3 Å². The summed E-state index contributed by atoms with van der Waals surface area (Å²) in [6, 6.07) is 20.1. The van der Waals surface area contributed by atoms with Gasteiger partial charge in [-0.3, -0.25) is 14.2 Å². The Labute approximate surface area is 188 Å². The molecule has 0 saturated heterocycles. The summed E-state index contributed by atoms with van der Waals surface area (Å²) in [5.41, 5.74) is 2.60. The molecular weight excluding hydrogens is 426 g/mol. The fraction of sp³-hybridized carbons (Fsp3) is 0.125. The summed E-state index contributed by atoms with van der Waals surface area (Å²) in [5.74, 6) is 1.08. The van der Waals surface area contributed by atoms with Crippen molar-refractivity contribution < 1.29 is 14.3 Å². The Kier molecular flexibility index (Phi) is 5.20. The number of fused-ring (bicyclic) bond motifs is 2. The van der Waals surface area contributed by atoms with E-state index in [-0.39, 0.29) is 18.3 Å². The summed E-state index contributed by atoms with van der Waals surface area (Å²) >= 11 is 5.39. The Morgan fingerprint density at radius 3 is 2.66 bits per heavy atom. The average Bonchev–Trinajstić information content (AvgIpc) is 3.29. The molecule has 0 atom stereocenters. The molecule has 0 aliphatic carbocycles. The van der Waals surface area contributed by atoms with Crippen LogP contribution in [0, 0.1) is 4.77 Å². The van der Waals surface area contributed by atoms with Gasteiger partial charge in [0.05, 0.1) is 17.4 Å². The molecule has 8 heteroatoms. The van der Waals surface area contributed by atoms with Crippen molar-refractivity contribution in [2.45, 2.75) is 13.1 Å². The molecule has 1 amide bonds. The maximum atomic E-state index is 13.1. The molecule has 0 unspecified atom stereocenters. The zero-order chi connectivity index (χ0) is 22.1. The number of carbonyl (C=O) groups is 1. The highest BCUT2D eigenvalue weighted by Crippen LogP contribution is 2.32. The van der Waals surface area contributed by atoms with Crippen molar-refractivity contribution in [3.8, 4) is 11.5 Å². The van der Waals surface area contributed by atoms with Crippen molar-refractivity contribution in [3.05, 3.63) is 98.5 Å². The largest absolute Gasteiger partial charge is 0.454 e. The molecule has 4 aromatic rings. The van der Waals surface area contributed by atoms with Crippen LogP contribution in [0.15, 0.2) is 71.5 Å². The third-order valence-corrected chi connectivity index (χ3v) is 5.64. The molecule has 1 aromatic heterocycles. The Bertz CT molecular complexity index is 1440. The van der Waals surface area contributed by atoms with Gasteiger partial charge >= 0.3 is 0 Å². The van der Waals surface area contributed by atoms with E-state index in [1.807, 2.05) is 48.5 Å². The van der Waals surface area contributed by atoms with E-state index < -0.39 is 0 Å². The number of amides is 1. The van der Waals surface area contributed by atoms with Crippen molar-refractivity contribution in [1.82, 2.24) is 14.9 Å². The second-order valence-electron chi connectivity index (χ2n) is 7.44. The molecule has 0 fully saturated rings. The van der Waals surface area contributed by atoms with E-state index in [0.717, 1.165) is 11.1 Å². The third kappa shape index (κ3) is 3.88. The highest BCUT2D eigenvalue weighted by Gasteiger charge is 2.14. The van der Waals surface area contributed by atoms with E-state index in [1.165, 1.54) is 4.57 Å². The number of carbonyl (C=O) groups excluding carboxylic acids is 1. The summed E-state index contributed by atoms with van der Waals surface area (Å²) in [5, 5.41) is 3.29. The lowest BCUT2D eigenvalue weighted by atomic mass is 10.1.